The van der Waals surface area contributed by atoms with Crippen LogP contribution in [0.3, 0.4) is 0 Å². The van der Waals surface area contributed by atoms with Gasteiger partial charge in [0.2, 0.25) is 0 Å². The molecule has 0 aliphatic heterocycles. The van der Waals surface area contributed by atoms with Gasteiger partial charge in [0.1, 0.15) is 6.04 Å². The molecule has 89 valence electrons. The third kappa shape index (κ3) is 4.16. The highest BCUT2D eigenvalue weighted by atomic mass is 16.4. The quantitative estimate of drug-likeness (QED) is 0.289. The first-order valence-corrected chi connectivity index (χ1v) is 4.99. The fourth-order valence-corrected chi connectivity index (χ4v) is 1.24. The van der Waals surface area contributed by atoms with Gasteiger partial charge in [0.25, 0.3) is 7.41 Å². The second-order valence-electron chi connectivity index (χ2n) is 3.33. The molecule has 6 nitrogen and oxygen atoms in total. The van der Waals surface area contributed by atoms with Gasteiger partial charge in [0.05, 0.1) is 17.6 Å². The maximum Gasteiger partial charge on any atom is 0.321 e. The number of benzene rings is 1. The van der Waals surface area contributed by atoms with Crippen LogP contribution in [-0.4, -0.2) is 37.3 Å². The van der Waals surface area contributed by atoms with Gasteiger partial charge in [-0.05, 0) is 12.1 Å². The van der Waals surface area contributed by atoms with Crippen molar-refractivity contribution in [1.82, 2.24) is 5.23 Å². The van der Waals surface area contributed by atoms with Crippen LogP contribution in [-0.2, 0) is 9.59 Å². The number of nitrogens with two attached hydrogens (primary N) is 1. The molecule has 0 bridgehead atoms. The zero-order chi connectivity index (χ0) is 12.7. The molecule has 7 heteroatoms. The van der Waals surface area contributed by atoms with Gasteiger partial charge in [0, 0.05) is 6.54 Å². The first-order valence-electron chi connectivity index (χ1n) is 4.99. The van der Waals surface area contributed by atoms with Crippen LogP contribution < -0.4 is 16.3 Å². The van der Waals surface area contributed by atoms with Crippen molar-refractivity contribution in [1.29, 1.82) is 0 Å². The minimum atomic E-state index is -1.05. The Bertz CT molecular complexity index is 400. The molecule has 0 saturated carbocycles. The highest BCUT2D eigenvalue weighted by Gasteiger charge is 2.16. The van der Waals surface area contributed by atoms with E-state index in [-0.39, 0.29) is 6.54 Å². The maximum atomic E-state index is 10.8. The molecule has 1 rings (SSSR count). The molecule has 1 aromatic carbocycles. The van der Waals surface area contributed by atoms with Crippen LogP contribution in [0.2, 0.25) is 0 Å². The highest BCUT2D eigenvalue weighted by Crippen LogP contribution is 2.16. The second kappa shape index (κ2) is 6.54. The van der Waals surface area contributed by atoms with Crippen molar-refractivity contribution >= 4 is 30.9 Å². The number of nitrogen functional groups attached to an aromatic ring is 1. The Morgan fingerprint density at radius 2 is 2.24 bits per heavy atom. The van der Waals surface area contributed by atoms with Gasteiger partial charge in [-0.25, -0.2) is 0 Å². The fraction of sp³-hybridized carbons (Fsp3) is 0.200. The molecule has 0 heterocycles. The van der Waals surface area contributed by atoms with Crippen LogP contribution in [0.5, 0.6) is 0 Å². The van der Waals surface area contributed by atoms with Gasteiger partial charge >= 0.3 is 5.97 Å². The van der Waals surface area contributed by atoms with E-state index >= 15 is 0 Å². The van der Waals surface area contributed by atoms with Gasteiger partial charge in [0.15, 0.2) is 0 Å². The second-order valence-corrected chi connectivity index (χ2v) is 3.33. The summed E-state index contributed by atoms with van der Waals surface area (Å²) in [5.74, 6) is -1.05. The summed E-state index contributed by atoms with van der Waals surface area (Å²) in [5.41, 5.74) is 6.89. The summed E-state index contributed by atoms with van der Waals surface area (Å²) in [6, 6.07) is 6.15. The number of aliphatic carboxylic acids is 1. The third-order valence-electron chi connectivity index (χ3n) is 2.12. The normalized spacial score (nSPS) is 11.5. The molecule has 0 aliphatic rings. The lowest BCUT2D eigenvalue weighted by Crippen LogP contribution is -2.44. The Morgan fingerprint density at radius 3 is 2.82 bits per heavy atom. The molecule has 0 unspecified atom stereocenters. The van der Waals surface area contributed by atoms with Gasteiger partial charge in [-0.3, -0.25) is 4.79 Å². The number of hydrogen-bond donors (Lipinski definition) is 4. The number of carboxylic acids is 1. The van der Waals surface area contributed by atoms with E-state index in [0.717, 1.165) is 7.41 Å². The van der Waals surface area contributed by atoms with Crippen molar-refractivity contribution in [3.63, 3.8) is 0 Å². The Hall–Kier alpha value is -2.02. The van der Waals surface area contributed by atoms with Crippen molar-refractivity contribution in [3.8, 4) is 0 Å². The van der Waals surface area contributed by atoms with E-state index in [4.69, 9.17) is 10.8 Å². The highest BCUT2D eigenvalue weighted by molar-refractivity contribution is 6.64. The average Bonchev–Trinajstić information content (AvgIpc) is 2.31. The van der Waals surface area contributed by atoms with Crippen LogP contribution in [0, 0.1) is 0 Å². The topological polar surface area (TPSA) is 104 Å². The number of nitrogens with one attached hydrogen (secondary N) is 2. The van der Waals surface area contributed by atoms with Crippen molar-refractivity contribution in [3.05, 3.63) is 24.3 Å². The summed E-state index contributed by atoms with van der Waals surface area (Å²) < 4.78 is 0. The minimum Gasteiger partial charge on any atom is -0.480 e. The molecule has 5 N–H and O–H groups in total. The van der Waals surface area contributed by atoms with Crippen LogP contribution in [0.15, 0.2) is 24.3 Å². The summed E-state index contributed by atoms with van der Waals surface area (Å²) in [5, 5.41) is 14.2. The van der Waals surface area contributed by atoms with Crippen molar-refractivity contribution in [2.75, 3.05) is 17.6 Å². The zero-order valence-corrected chi connectivity index (χ0v) is 9.09. The lowest BCUT2D eigenvalue weighted by Gasteiger charge is -2.15. The molecule has 1 aromatic rings. The Kier molecular flexibility index (Phi) is 5.02. The van der Waals surface area contributed by atoms with Crippen LogP contribution in [0.25, 0.3) is 0 Å². The van der Waals surface area contributed by atoms with Crippen LogP contribution in [0.1, 0.15) is 0 Å². The molecule has 0 aromatic heterocycles. The number of para-hydroxylation sites is 2. The zero-order valence-electron chi connectivity index (χ0n) is 9.09. The first-order chi connectivity index (χ1) is 8.15. The Balaban J connectivity index is 2.54. The molecule has 17 heavy (non-hydrogen) atoms. The minimum absolute atomic E-state index is 0.119. The summed E-state index contributed by atoms with van der Waals surface area (Å²) in [6.07, 6.45) is 0.493. The number of rotatable bonds is 7. The smallest absolute Gasteiger partial charge is 0.321 e. The molecular formula is C10H13BN3O3. The Morgan fingerprint density at radius 1 is 1.53 bits per heavy atom. The van der Waals surface area contributed by atoms with E-state index in [9.17, 15) is 9.59 Å². The maximum absolute atomic E-state index is 10.8. The monoisotopic (exact) mass is 234 g/mol. The van der Waals surface area contributed by atoms with E-state index in [1.807, 2.05) is 0 Å². The lowest BCUT2D eigenvalue weighted by atomic mass is 9.96. The predicted octanol–water partition coefficient (Wildman–Crippen LogP) is -0.467. The molecule has 0 fully saturated rings. The largest absolute Gasteiger partial charge is 0.480 e. The molecular weight excluding hydrogens is 221 g/mol. The standard InChI is InChI=1S/C10H13BN3O3/c12-7-3-1-2-4-8(7)13-5-9(10(16)17)14-11-6-15/h1-4,6,9,13-14H,5,12H2,(H,16,17)/t9-/m0/s1. The van der Waals surface area contributed by atoms with E-state index in [1.54, 1.807) is 24.3 Å². The predicted molar refractivity (Wildman–Crippen MR) is 66.4 cm³/mol. The first kappa shape index (κ1) is 13.1. The van der Waals surface area contributed by atoms with Gasteiger partial charge in [-0.2, -0.15) is 0 Å². The number of anilines is 2. The summed E-state index contributed by atoms with van der Waals surface area (Å²) in [4.78, 5) is 21.0. The molecule has 0 amide bonds. The summed E-state index contributed by atoms with van der Waals surface area (Å²) in [6.45, 7) is 0.119. The SMILES string of the molecule is Nc1ccccc1NC[C@H](N[B]C=O)C(=O)O. The van der Waals surface area contributed by atoms with E-state index in [1.165, 1.54) is 0 Å². The fourth-order valence-electron chi connectivity index (χ4n) is 1.24. The Labute approximate surface area is 99.5 Å². The van der Waals surface area contributed by atoms with Crippen molar-refractivity contribution in [2.24, 2.45) is 0 Å². The average molecular weight is 234 g/mol. The summed E-state index contributed by atoms with van der Waals surface area (Å²) >= 11 is 0. The van der Waals surface area contributed by atoms with Gasteiger partial charge in [-0.15, -0.1) is 0 Å². The lowest BCUT2D eigenvalue weighted by molar-refractivity contribution is -0.138. The number of carbonyl (C=O) groups excluding carboxylic acids is 1. The third-order valence-corrected chi connectivity index (χ3v) is 2.12. The molecule has 1 atom stereocenters. The van der Waals surface area contributed by atoms with E-state index in [2.05, 4.69) is 10.5 Å². The van der Waals surface area contributed by atoms with Crippen LogP contribution in [0.4, 0.5) is 11.4 Å². The number of carbonyl (C=O) groups is 2. The van der Waals surface area contributed by atoms with Gasteiger partial charge < -0.3 is 26.2 Å². The summed E-state index contributed by atoms with van der Waals surface area (Å²) in [7, 11) is 1.05. The number of carboxylic acid groups (broad SMARTS) is 1. The molecule has 0 spiro atoms. The molecule has 0 saturated heterocycles. The van der Waals surface area contributed by atoms with E-state index < -0.39 is 12.0 Å². The molecule has 0 aliphatic carbocycles. The van der Waals surface area contributed by atoms with Crippen LogP contribution >= 0.6 is 0 Å². The van der Waals surface area contributed by atoms with Gasteiger partial charge in [-0.1, -0.05) is 12.1 Å². The van der Waals surface area contributed by atoms with Crippen molar-refractivity contribution in [2.45, 2.75) is 6.04 Å². The van der Waals surface area contributed by atoms with E-state index in [0.29, 0.717) is 17.6 Å². The van der Waals surface area contributed by atoms with Crippen molar-refractivity contribution < 1.29 is 14.7 Å². The molecule has 1 radical (unpaired) electrons. The number of hydrogen-bond acceptors (Lipinski definition) is 5.